The topological polar surface area (TPSA) is 63.4 Å². The molecule has 1 aliphatic rings. The van der Waals surface area contributed by atoms with E-state index in [0.29, 0.717) is 13.1 Å². The smallest absolute Gasteiger partial charge is 0.223 e. The number of fused-ring (bicyclic) bond motifs is 1. The van der Waals surface area contributed by atoms with Crippen molar-refractivity contribution in [2.45, 2.75) is 31.6 Å². The summed E-state index contributed by atoms with van der Waals surface area (Å²) in [6, 6.07) is 7.96. The first-order chi connectivity index (χ1) is 8.93. The maximum Gasteiger partial charge on any atom is 0.223 e. The summed E-state index contributed by atoms with van der Waals surface area (Å²) in [6.07, 6.45) is 1.73. The minimum absolute atomic E-state index is 0.0255. The molecule has 0 saturated carbocycles. The van der Waals surface area contributed by atoms with E-state index in [1.165, 1.54) is 9.87 Å². The lowest BCUT2D eigenvalue weighted by atomic mass is 10.0. The van der Waals surface area contributed by atoms with Crippen LogP contribution in [0.15, 0.2) is 24.3 Å². The highest BCUT2D eigenvalue weighted by atomic mass is 32.2. The molecule has 0 aromatic heterocycles. The zero-order valence-electron chi connectivity index (χ0n) is 10.9. The van der Waals surface area contributed by atoms with E-state index in [9.17, 15) is 8.42 Å². The van der Waals surface area contributed by atoms with Crippen LogP contribution in [0.1, 0.15) is 24.5 Å². The molecule has 19 heavy (non-hydrogen) atoms. The summed E-state index contributed by atoms with van der Waals surface area (Å²) in [5.74, 6) is 0. The van der Waals surface area contributed by atoms with E-state index >= 15 is 0 Å². The number of hydrogen-bond acceptors (Lipinski definition) is 3. The average Bonchev–Trinajstić information content (AvgIpc) is 2.60. The first kappa shape index (κ1) is 14.4. The van der Waals surface area contributed by atoms with E-state index in [1.54, 1.807) is 6.92 Å². The van der Waals surface area contributed by atoms with Gasteiger partial charge in [0.2, 0.25) is 10.0 Å². The van der Waals surface area contributed by atoms with E-state index in [-0.39, 0.29) is 4.99 Å². The van der Waals surface area contributed by atoms with E-state index in [2.05, 4.69) is 6.07 Å². The fourth-order valence-corrected chi connectivity index (χ4v) is 4.07. The van der Waals surface area contributed by atoms with Gasteiger partial charge in [0.1, 0.15) is 5.25 Å². The molecule has 0 amide bonds. The van der Waals surface area contributed by atoms with Crippen molar-refractivity contribution in [3.63, 3.8) is 0 Å². The number of nitrogens with zero attached hydrogens (tertiary/aromatic N) is 1. The number of sulfonamides is 1. The van der Waals surface area contributed by atoms with Crippen molar-refractivity contribution in [2.24, 2.45) is 5.73 Å². The van der Waals surface area contributed by atoms with E-state index < -0.39 is 15.3 Å². The van der Waals surface area contributed by atoms with Gasteiger partial charge in [-0.15, -0.1) is 0 Å². The fourth-order valence-electron chi connectivity index (χ4n) is 2.26. The third kappa shape index (κ3) is 2.96. The van der Waals surface area contributed by atoms with Crippen LogP contribution in [0.5, 0.6) is 0 Å². The second kappa shape index (κ2) is 5.56. The molecule has 0 aliphatic carbocycles. The van der Waals surface area contributed by atoms with Gasteiger partial charge in [0.25, 0.3) is 0 Å². The van der Waals surface area contributed by atoms with Crippen molar-refractivity contribution in [1.82, 2.24) is 4.31 Å². The van der Waals surface area contributed by atoms with Crippen LogP contribution in [0.4, 0.5) is 0 Å². The molecule has 1 heterocycles. The van der Waals surface area contributed by atoms with Gasteiger partial charge >= 0.3 is 0 Å². The highest BCUT2D eigenvalue weighted by molar-refractivity contribution is 7.92. The summed E-state index contributed by atoms with van der Waals surface area (Å²) < 4.78 is 26.4. The number of thiocarbonyl (C=S) groups is 1. The second-order valence-corrected chi connectivity index (χ2v) is 7.52. The predicted molar refractivity (Wildman–Crippen MR) is 80.3 cm³/mol. The normalized spacial score (nSPS) is 18.4. The molecular weight excluding hydrogens is 280 g/mol. The molecule has 1 atom stereocenters. The molecular formula is C13H18N2O2S2. The highest BCUT2D eigenvalue weighted by Gasteiger charge is 2.31. The van der Waals surface area contributed by atoms with E-state index in [0.717, 1.165) is 18.4 Å². The van der Waals surface area contributed by atoms with Crippen molar-refractivity contribution < 1.29 is 8.42 Å². The van der Waals surface area contributed by atoms with Gasteiger partial charge in [0, 0.05) is 13.1 Å². The number of rotatable bonds is 3. The lowest BCUT2D eigenvalue weighted by Gasteiger charge is -2.24. The lowest BCUT2D eigenvalue weighted by Crippen LogP contribution is -2.42. The summed E-state index contributed by atoms with van der Waals surface area (Å²) in [4.78, 5) is 0.0255. The van der Waals surface area contributed by atoms with Crippen LogP contribution < -0.4 is 5.73 Å². The van der Waals surface area contributed by atoms with Crippen LogP contribution >= 0.6 is 12.2 Å². The summed E-state index contributed by atoms with van der Waals surface area (Å²) >= 11 is 4.82. The Morgan fingerprint density at radius 1 is 1.37 bits per heavy atom. The molecule has 0 spiro atoms. The summed E-state index contributed by atoms with van der Waals surface area (Å²) in [7, 11) is -3.46. The minimum Gasteiger partial charge on any atom is -0.392 e. The molecule has 0 fully saturated rings. The van der Waals surface area contributed by atoms with Crippen molar-refractivity contribution in [1.29, 1.82) is 0 Å². The van der Waals surface area contributed by atoms with E-state index in [4.69, 9.17) is 18.0 Å². The Balaban J connectivity index is 2.30. The number of benzene rings is 1. The maximum atomic E-state index is 12.4. The largest absolute Gasteiger partial charge is 0.392 e. The number of nitrogens with two attached hydrogens (primary N) is 1. The molecule has 1 unspecified atom stereocenters. The lowest BCUT2D eigenvalue weighted by molar-refractivity contribution is 0.408. The molecule has 1 aromatic carbocycles. The van der Waals surface area contributed by atoms with Crippen LogP contribution in [0.2, 0.25) is 0 Å². The Morgan fingerprint density at radius 3 is 2.63 bits per heavy atom. The molecule has 1 aromatic rings. The Labute approximate surface area is 119 Å². The zero-order chi connectivity index (χ0) is 14.0. The molecule has 4 nitrogen and oxygen atoms in total. The second-order valence-electron chi connectivity index (χ2n) is 4.80. The molecule has 2 rings (SSSR count). The Bertz CT molecular complexity index is 584. The molecule has 0 saturated heterocycles. The SMILES string of the molecule is CC(C(N)=S)S(=O)(=O)N1CCCc2ccccc2C1. The van der Waals surface area contributed by atoms with Crippen molar-refractivity contribution in [2.75, 3.05) is 6.54 Å². The highest BCUT2D eigenvalue weighted by Crippen LogP contribution is 2.22. The van der Waals surface area contributed by atoms with Crippen LogP contribution in [0.25, 0.3) is 0 Å². The van der Waals surface area contributed by atoms with Gasteiger partial charge in [-0.1, -0.05) is 36.5 Å². The molecule has 6 heteroatoms. The van der Waals surface area contributed by atoms with Gasteiger partial charge in [0.15, 0.2) is 0 Å². The van der Waals surface area contributed by atoms with Crippen LogP contribution in [-0.4, -0.2) is 29.5 Å². The Kier molecular flexibility index (Phi) is 4.23. The monoisotopic (exact) mass is 298 g/mol. The maximum absolute atomic E-state index is 12.4. The zero-order valence-corrected chi connectivity index (χ0v) is 12.5. The third-order valence-electron chi connectivity index (χ3n) is 3.53. The van der Waals surface area contributed by atoms with Crippen LogP contribution in [0.3, 0.4) is 0 Å². The Morgan fingerprint density at radius 2 is 2.00 bits per heavy atom. The van der Waals surface area contributed by atoms with Gasteiger partial charge in [0.05, 0.1) is 4.99 Å². The van der Waals surface area contributed by atoms with Crippen molar-refractivity contribution >= 4 is 27.2 Å². The Hall–Kier alpha value is -0.980. The van der Waals surface area contributed by atoms with Gasteiger partial charge < -0.3 is 5.73 Å². The molecule has 0 radical (unpaired) electrons. The third-order valence-corrected chi connectivity index (χ3v) is 6.21. The quantitative estimate of drug-likeness (QED) is 0.858. The predicted octanol–water partition coefficient (Wildman–Crippen LogP) is 1.44. The van der Waals surface area contributed by atoms with Crippen molar-refractivity contribution in [3.8, 4) is 0 Å². The average molecular weight is 298 g/mol. The molecule has 0 bridgehead atoms. The first-order valence-electron chi connectivity index (χ1n) is 6.28. The minimum atomic E-state index is -3.46. The number of aryl methyl sites for hydroxylation is 1. The summed E-state index contributed by atoms with van der Waals surface area (Å²) in [5, 5.41) is -0.812. The first-order valence-corrected chi connectivity index (χ1v) is 8.19. The standard InChI is InChI=1S/C13H18N2O2S2/c1-10(13(14)18)19(16,17)15-8-4-7-11-5-2-3-6-12(11)9-15/h2-3,5-6,10H,4,7-9H2,1H3,(H2,14,18). The molecule has 2 N–H and O–H groups in total. The van der Waals surface area contributed by atoms with Gasteiger partial charge in [-0.25, -0.2) is 8.42 Å². The van der Waals surface area contributed by atoms with Gasteiger partial charge in [-0.05, 0) is 30.9 Å². The van der Waals surface area contributed by atoms with Gasteiger partial charge in [-0.3, -0.25) is 0 Å². The number of hydrogen-bond donors (Lipinski definition) is 1. The van der Waals surface area contributed by atoms with Gasteiger partial charge in [-0.2, -0.15) is 4.31 Å². The van der Waals surface area contributed by atoms with Crippen molar-refractivity contribution in [3.05, 3.63) is 35.4 Å². The van der Waals surface area contributed by atoms with Crippen LogP contribution in [-0.2, 0) is 23.0 Å². The fraction of sp³-hybridized carbons (Fsp3) is 0.462. The van der Waals surface area contributed by atoms with E-state index in [1.807, 2.05) is 18.2 Å². The summed E-state index contributed by atoms with van der Waals surface area (Å²) in [5.41, 5.74) is 7.78. The molecule has 1 aliphatic heterocycles. The van der Waals surface area contributed by atoms with Crippen LogP contribution in [0, 0.1) is 0 Å². The summed E-state index contributed by atoms with van der Waals surface area (Å²) in [6.45, 7) is 2.48. The molecule has 104 valence electrons.